The topological polar surface area (TPSA) is 35.2 Å². The van der Waals surface area contributed by atoms with Gasteiger partial charge in [-0.1, -0.05) is 27.7 Å². The predicted molar refractivity (Wildman–Crippen MR) is 127 cm³/mol. The van der Waals surface area contributed by atoms with Gasteiger partial charge in [-0.3, -0.25) is 0 Å². The van der Waals surface area contributed by atoms with Crippen molar-refractivity contribution in [1.82, 2.24) is 0 Å². The van der Waals surface area contributed by atoms with E-state index in [4.69, 9.17) is 10.5 Å². The molecule has 4 heterocycles. The van der Waals surface area contributed by atoms with E-state index in [2.05, 4.69) is 47.6 Å². The molecule has 0 saturated carbocycles. The van der Waals surface area contributed by atoms with Gasteiger partial charge in [-0.05, 0) is 57.4 Å². The number of nitrogens with two attached hydrogens (primary N) is 1. The fourth-order valence-corrected chi connectivity index (χ4v) is 8.01. The number of hydrogen-bond donors (Lipinski definition) is 1. The van der Waals surface area contributed by atoms with Crippen LogP contribution in [0.15, 0.2) is 6.07 Å². The van der Waals surface area contributed by atoms with Crippen molar-refractivity contribution in [2.24, 2.45) is 11.8 Å². The zero-order valence-electron chi connectivity index (χ0n) is 17.8. The Morgan fingerprint density at radius 1 is 0.929 bits per heavy atom. The minimum Gasteiger partial charge on any atom is -0.481 e. The van der Waals surface area contributed by atoms with E-state index in [1.54, 1.807) is 0 Å². The summed E-state index contributed by atoms with van der Waals surface area (Å²) in [5, 5.41) is 0. The van der Waals surface area contributed by atoms with Crippen LogP contribution in [0.2, 0.25) is 0 Å². The van der Waals surface area contributed by atoms with Gasteiger partial charge in [0.1, 0.15) is 11.4 Å². The highest BCUT2D eigenvalue weighted by molar-refractivity contribution is 7.32. The van der Waals surface area contributed by atoms with Crippen molar-refractivity contribution in [2.45, 2.75) is 72.8 Å². The van der Waals surface area contributed by atoms with Gasteiger partial charge < -0.3 is 10.5 Å². The summed E-state index contributed by atoms with van der Waals surface area (Å²) < 4.78 is 9.61. The van der Waals surface area contributed by atoms with Crippen LogP contribution in [-0.4, -0.2) is 0 Å². The Morgan fingerprint density at radius 3 is 2.18 bits per heavy atom. The SMILES string of the molecule is Cc1cc2c(s1)-c1sc3c(N)c(C)sc3c1C(CCC(C)C)(CCC(C)C)O2. The van der Waals surface area contributed by atoms with Crippen LogP contribution in [0.5, 0.6) is 5.75 Å². The monoisotopic (exact) mass is 433 g/mol. The molecule has 2 nitrogen and oxygen atoms in total. The Bertz CT molecular complexity index is 993. The van der Waals surface area contributed by atoms with Crippen molar-refractivity contribution in [3.05, 3.63) is 21.4 Å². The first-order valence-electron chi connectivity index (χ1n) is 10.3. The lowest BCUT2D eigenvalue weighted by Crippen LogP contribution is -2.36. The third-order valence-corrected chi connectivity index (χ3v) is 9.47. The van der Waals surface area contributed by atoms with E-state index >= 15 is 0 Å². The highest BCUT2D eigenvalue weighted by Crippen LogP contribution is 2.60. The molecule has 3 aromatic heterocycles. The second kappa shape index (κ2) is 7.33. The zero-order valence-corrected chi connectivity index (χ0v) is 20.2. The summed E-state index contributed by atoms with van der Waals surface area (Å²) in [6.07, 6.45) is 4.49. The molecule has 28 heavy (non-hydrogen) atoms. The van der Waals surface area contributed by atoms with Crippen LogP contribution in [0, 0.1) is 25.7 Å². The van der Waals surface area contributed by atoms with E-state index in [0.29, 0.717) is 11.8 Å². The largest absolute Gasteiger partial charge is 0.481 e. The number of hydrogen-bond acceptors (Lipinski definition) is 5. The van der Waals surface area contributed by atoms with Crippen LogP contribution in [0.1, 0.15) is 68.7 Å². The first kappa shape index (κ1) is 20.2. The molecule has 0 radical (unpaired) electrons. The average Bonchev–Trinajstić information content (AvgIpc) is 3.25. The van der Waals surface area contributed by atoms with Crippen LogP contribution in [0.4, 0.5) is 5.69 Å². The third-order valence-electron chi connectivity index (χ3n) is 5.78. The Morgan fingerprint density at radius 2 is 1.57 bits per heavy atom. The quantitative estimate of drug-likeness (QED) is 0.424. The molecule has 0 atom stereocenters. The highest BCUT2D eigenvalue weighted by Gasteiger charge is 2.45. The van der Waals surface area contributed by atoms with E-state index < -0.39 is 0 Å². The summed E-state index contributed by atoms with van der Waals surface area (Å²) in [6, 6.07) is 2.24. The molecule has 152 valence electrons. The first-order valence-corrected chi connectivity index (χ1v) is 12.8. The van der Waals surface area contributed by atoms with Crippen molar-refractivity contribution in [3.63, 3.8) is 0 Å². The summed E-state index contributed by atoms with van der Waals surface area (Å²) in [7, 11) is 0. The number of fused-ring (bicyclic) bond motifs is 5. The van der Waals surface area contributed by atoms with E-state index in [9.17, 15) is 0 Å². The molecule has 0 fully saturated rings. The summed E-state index contributed by atoms with van der Waals surface area (Å²) in [6.45, 7) is 13.6. The number of thiophene rings is 3. The van der Waals surface area contributed by atoms with E-state index in [1.165, 1.54) is 47.3 Å². The van der Waals surface area contributed by atoms with Crippen molar-refractivity contribution in [3.8, 4) is 15.5 Å². The van der Waals surface area contributed by atoms with Gasteiger partial charge in [-0.2, -0.15) is 0 Å². The third kappa shape index (κ3) is 3.29. The molecule has 0 amide bonds. The Kier molecular flexibility index (Phi) is 5.30. The Balaban J connectivity index is 1.96. The summed E-state index contributed by atoms with van der Waals surface area (Å²) >= 11 is 5.61. The molecular weight excluding hydrogens is 402 g/mol. The molecule has 0 aromatic carbocycles. The number of rotatable bonds is 6. The molecule has 4 rings (SSSR count). The predicted octanol–water partition coefficient (Wildman–Crippen LogP) is 8.35. The molecule has 0 spiro atoms. The van der Waals surface area contributed by atoms with Crippen molar-refractivity contribution in [2.75, 3.05) is 5.73 Å². The standard InChI is InChI=1S/C23H31NOS3/c1-12(2)7-9-23(10-8-13(3)4)17-20(19-16(25-23)11-14(5)26-19)28-22-18(24)15(6)27-21(17)22/h11-13H,7-10,24H2,1-6H3. The van der Waals surface area contributed by atoms with Gasteiger partial charge in [0.15, 0.2) is 0 Å². The van der Waals surface area contributed by atoms with Gasteiger partial charge in [0.25, 0.3) is 0 Å². The van der Waals surface area contributed by atoms with Gasteiger partial charge >= 0.3 is 0 Å². The molecular formula is C23H31NOS3. The van der Waals surface area contributed by atoms with Crippen molar-refractivity contribution in [1.29, 1.82) is 0 Å². The molecule has 1 aliphatic rings. The smallest absolute Gasteiger partial charge is 0.140 e. The lowest BCUT2D eigenvalue weighted by molar-refractivity contribution is 0.0360. The van der Waals surface area contributed by atoms with Crippen LogP contribution in [-0.2, 0) is 5.60 Å². The maximum absolute atomic E-state index is 6.97. The van der Waals surface area contributed by atoms with Gasteiger partial charge in [0.05, 0.1) is 24.8 Å². The molecule has 2 N–H and O–H groups in total. The zero-order chi connectivity index (χ0) is 20.2. The molecule has 1 aliphatic heterocycles. The average molecular weight is 434 g/mol. The van der Waals surface area contributed by atoms with Gasteiger partial charge in [-0.15, -0.1) is 34.0 Å². The van der Waals surface area contributed by atoms with Gasteiger partial charge in [0, 0.05) is 15.3 Å². The molecule has 0 aliphatic carbocycles. The fraction of sp³-hybridized carbons (Fsp3) is 0.565. The first-order chi connectivity index (χ1) is 13.2. The molecule has 0 bridgehead atoms. The number of ether oxygens (including phenoxy) is 1. The van der Waals surface area contributed by atoms with Gasteiger partial charge in [0.2, 0.25) is 0 Å². The summed E-state index contributed by atoms with van der Waals surface area (Å²) in [4.78, 5) is 5.28. The lowest BCUT2D eigenvalue weighted by Gasteiger charge is -2.39. The second-order valence-electron chi connectivity index (χ2n) is 9.05. The fourth-order valence-electron chi connectivity index (χ4n) is 4.14. The van der Waals surface area contributed by atoms with Crippen molar-refractivity contribution < 1.29 is 4.74 Å². The second-order valence-corrected chi connectivity index (χ2v) is 12.5. The van der Waals surface area contributed by atoms with Gasteiger partial charge in [-0.25, -0.2) is 0 Å². The van der Waals surface area contributed by atoms with E-state index in [-0.39, 0.29) is 5.60 Å². The van der Waals surface area contributed by atoms with Crippen molar-refractivity contribution >= 4 is 49.1 Å². The number of anilines is 1. The summed E-state index contributed by atoms with van der Waals surface area (Å²) in [5.41, 5.74) is 8.67. The molecule has 0 saturated heterocycles. The minimum atomic E-state index is -0.230. The summed E-state index contributed by atoms with van der Waals surface area (Å²) in [5.74, 6) is 2.42. The Labute approximate surface area is 180 Å². The maximum atomic E-state index is 6.97. The normalized spacial score (nSPS) is 15.3. The minimum absolute atomic E-state index is 0.230. The molecule has 0 unspecified atom stereocenters. The molecule has 5 heteroatoms. The van der Waals surface area contributed by atoms with Crippen LogP contribution < -0.4 is 10.5 Å². The highest BCUT2D eigenvalue weighted by atomic mass is 32.1. The molecule has 3 aromatic rings. The Hall–Kier alpha value is -1.04. The number of aryl methyl sites for hydroxylation is 2. The van der Waals surface area contributed by atoms with Crippen LogP contribution >= 0.6 is 34.0 Å². The lowest BCUT2D eigenvalue weighted by atomic mass is 9.80. The maximum Gasteiger partial charge on any atom is 0.140 e. The van der Waals surface area contributed by atoms with Crippen LogP contribution in [0.3, 0.4) is 0 Å². The van der Waals surface area contributed by atoms with E-state index in [1.807, 2.05) is 34.0 Å². The van der Waals surface area contributed by atoms with E-state index in [0.717, 1.165) is 24.3 Å². The number of nitrogen functional groups attached to an aromatic ring is 1. The van der Waals surface area contributed by atoms with Crippen LogP contribution in [0.25, 0.3) is 19.2 Å².